The van der Waals surface area contributed by atoms with E-state index in [0.29, 0.717) is 23.2 Å². The van der Waals surface area contributed by atoms with E-state index in [4.69, 9.17) is 16.6 Å². The van der Waals surface area contributed by atoms with Gasteiger partial charge in [0.05, 0.1) is 6.54 Å². The smallest absolute Gasteiger partial charge is 0.269 e. The van der Waals surface area contributed by atoms with Gasteiger partial charge in [0, 0.05) is 24.9 Å². The molecule has 1 fully saturated rings. The number of fused-ring (bicyclic) bond motifs is 1. The van der Waals surface area contributed by atoms with Gasteiger partial charge in [-0.3, -0.25) is 14.6 Å². The molecule has 0 radical (unpaired) electrons. The number of rotatable bonds is 6. The van der Waals surface area contributed by atoms with Gasteiger partial charge < -0.3 is 0 Å². The van der Waals surface area contributed by atoms with E-state index in [0.717, 1.165) is 23.6 Å². The van der Waals surface area contributed by atoms with Crippen LogP contribution in [0.1, 0.15) is 17.5 Å². The van der Waals surface area contributed by atoms with Crippen LogP contribution in [0.2, 0.25) is 5.02 Å². The van der Waals surface area contributed by atoms with Crippen LogP contribution >= 0.6 is 23.4 Å². The van der Waals surface area contributed by atoms with Crippen molar-refractivity contribution in [3.05, 3.63) is 70.7 Å². The fraction of sp³-hybridized carbons (Fsp3) is 0.304. The second kappa shape index (κ2) is 9.24. The number of imide groups is 1. The maximum Gasteiger partial charge on any atom is 0.358 e. The molecule has 0 aromatic heterocycles. The molecule has 160 valence electrons. The monoisotopic (exact) mass is 455 g/mol. The molecule has 4 rings (SSSR count). The lowest BCUT2D eigenvalue weighted by molar-refractivity contribution is -0.533. The fourth-order valence-corrected chi connectivity index (χ4v) is 4.88. The van der Waals surface area contributed by atoms with Gasteiger partial charge in [0.1, 0.15) is 0 Å². The summed E-state index contributed by atoms with van der Waals surface area (Å²) in [5.74, 6) is 0.974. The molecule has 2 heterocycles. The largest absolute Gasteiger partial charge is 0.358 e. The number of aliphatic imine (C=N–C) groups is 1. The first-order valence-electron chi connectivity index (χ1n) is 10.1. The summed E-state index contributed by atoms with van der Waals surface area (Å²) < 4.78 is 2.04. The Morgan fingerprint density at radius 2 is 1.71 bits per heavy atom. The van der Waals surface area contributed by atoms with E-state index < -0.39 is 6.04 Å². The van der Waals surface area contributed by atoms with Gasteiger partial charge in [-0.15, -0.1) is 0 Å². The topological polar surface area (TPSA) is 56.0 Å². The summed E-state index contributed by atoms with van der Waals surface area (Å²) in [6, 6.07) is 17.1. The lowest BCUT2D eigenvalue weighted by Gasteiger charge is -2.30. The maximum absolute atomic E-state index is 13.0. The number of carbonyl (C=O) groups excluding carboxylic acids is 2. The van der Waals surface area contributed by atoms with Gasteiger partial charge in [0.2, 0.25) is 0 Å². The highest BCUT2D eigenvalue weighted by Crippen LogP contribution is 2.25. The van der Waals surface area contributed by atoms with E-state index in [2.05, 4.69) is 12.1 Å². The number of amidine groups is 2. The molecule has 2 aliphatic heterocycles. The van der Waals surface area contributed by atoms with Crippen LogP contribution < -0.4 is 0 Å². The first-order chi connectivity index (χ1) is 15.0. The van der Waals surface area contributed by atoms with E-state index in [1.54, 1.807) is 18.8 Å². The molecule has 1 unspecified atom stereocenters. The Morgan fingerprint density at radius 3 is 2.42 bits per heavy atom. The minimum Gasteiger partial charge on any atom is -0.269 e. The van der Waals surface area contributed by atoms with Crippen LogP contribution in [-0.4, -0.2) is 64.0 Å². The third kappa shape index (κ3) is 4.52. The Morgan fingerprint density at radius 1 is 1.00 bits per heavy atom. The molecule has 1 atom stereocenters. The van der Waals surface area contributed by atoms with Gasteiger partial charge in [-0.2, -0.15) is 0 Å². The van der Waals surface area contributed by atoms with Crippen molar-refractivity contribution in [3.63, 3.8) is 0 Å². The van der Waals surface area contributed by atoms with E-state index in [-0.39, 0.29) is 11.9 Å². The summed E-state index contributed by atoms with van der Waals surface area (Å²) in [6.45, 7) is 0.678. The molecule has 6 nitrogen and oxygen atoms in total. The van der Waals surface area contributed by atoms with Crippen molar-refractivity contribution in [3.8, 4) is 0 Å². The summed E-state index contributed by atoms with van der Waals surface area (Å²) in [5, 5.41) is 1.47. The third-order valence-corrected chi connectivity index (χ3v) is 6.80. The number of amides is 3. The summed E-state index contributed by atoms with van der Waals surface area (Å²) in [5.41, 5.74) is 2.38. The van der Waals surface area contributed by atoms with Crippen molar-refractivity contribution < 1.29 is 14.2 Å². The first kappa shape index (κ1) is 21.6. The van der Waals surface area contributed by atoms with Crippen molar-refractivity contribution in [1.82, 2.24) is 9.80 Å². The number of thioether (sulfide) groups is 1. The molecule has 0 bridgehead atoms. The Bertz CT molecular complexity index is 1050. The number of carbonyl (C=O) groups is 2. The molecule has 0 saturated carbocycles. The molecule has 31 heavy (non-hydrogen) atoms. The maximum atomic E-state index is 13.0. The standard InChI is InChI=1S/C23H24ClN4O2S/c1-26-20-19(21(29)27(2)23(26)30)28(14-6-9-16-7-4-3-5-8-16)22(25-20)31-15-17-10-12-18(24)13-11-17/h3-5,7-8,10-13,19H,6,9,14-15H2,1-2H3/q+1. The van der Waals surface area contributed by atoms with E-state index in [1.807, 2.05) is 47.0 Å². The van der Waals surface area contributed by atoms with Gasteiger partial charge in [0.25, 0.3) is 17.8 Å². The molecule has 3 amide bonds. The van der Waals surface area contributed by atoms with Crippen LogP contribution in [0.15, 0.2) is 59.6 Å². The van der Waals surface area contributed by atoms with Gasteiger partial charge in [-0.25, -0.2) is 9.37 Å². The lowest BCUT2D eigenvalue weighted by atomic mass is 10.1. The van der Waals surface area contributed by atoms with Crippen LogP contribution in [0.5, 0.6) is 0 Å². The molecule has 0 aliphatic carbocycles. The number of hydrogen-bond acceptors (Lipinski definition) is 4. The van der Waals surface area contributed by atoms with Crippen LogP contribution in [0.25, 0.3) is 0 Å². The van der Waals surface area contributed by atoms with Crippen LogP contribution in [-0.2, 0) is 17.0 Å². The highest BCUT2D eigenvalue weighted by atomic mass is 35.5. The zero-order valence-electron chi connectivity index (χ0n) is 17.5. The molecular formula is C23H24ClN4O2S+. The molecule has 0 spiro atoms. The summed E-state index contributed by atoms with van der Waals surface area (Å²) in [7, 11) is 3.20. The zero-order chi connectivity index (χ0) is 22.0. The van der Waals surface area contributed by atoms with E-state index in [1.165, 1.54) is 22.4 Å². The highest BCUT2D eigenvalue weighted by Gasteiger charge is 2.52. The van der Waals surface area contributed by atoms with Crippen molar-refractivity contribution in [2.24, 2.45) is 4.99 Å². The number of benzene rings is 2. The third-order valence-electron chi connectivity index (χ3n) is 5.48. The normalized spacial score (nSPS) is 18.5. The number of hydrogen-bond donors (Lipinski definition) is 0. The number of aryl methyl sites for hydroxylation is 1. The number of nitrogens with zero attached hydrogens (tertiary/aromatic N) is 4. The van der Waals surface area contributed by atoms with Crippen molar-refractivity contribution in [2.45, 2.75) is 24.6 Å². The number of likely N-dealkylation sites (N-methyl/N-ethyl adjacent to an activating group) is 2. The number of halogens is 1. The molecular weight excluding hydrogens is 432 g/mol. The van der Waals surface area contributed by atoms with Crippen LogP contribution in [0.4, 0.5) is 4.79 Å². The molecule has 0 N–H and O–H groups in total. The van der Waals surface area contributed by atoms with Crippen molar-refractivity contribution in [1.29, 1.82) is 0 Å². The van der Waals surface area contributed by atoms with E-state index in [9.17, 15) is 9.59 Å². The Balaban J connectivity index is 1.56. The van der Waals surface area contributed by atoms with E-state index >= 15 is 0 Å². The van der Waals surface area contributed by atoms with Crippen LogP contribution in [0.3, 0.4) is 0 Å². The molecule has 8 heteroatoms. The minimum absolute atomic E-state index is 0.233. The zero-order valence-corrected chi connectivity index (χ0v) is 19.1. The molecule has 2 aliphatic rings. The quantitative estimate of drug-likeness (QED) is 0.621. The Labute approximate surface area is 191 Å². The fourth-order valence-electron chi connectivity index (χ4n) is 3.74. The van der Waals surface area contributed by atoms with Crippen LogP contribution in [0, 0.1) is 0 Å². The summed E-state index contributed by atoms with van der Waals surface area (Å²) >= 11 is 7.56. The van der Waals surface area contributed by atoms with Gasteiger partial charge >= 0.3 is 11.2 Å². The summed E-state index contributed by atoms with van der Waals surface area (Å²) in [4.78, 5) is 32.8. The SMILES string of the molecule is CN1C(=O)C2C(=NC(SCc3ccc(Cl)cc3)=[N+]2CCCc2ccccc2)N(C)C1=O. The van der Waals surface area contributed by atoms with Gasteiger partial charge in [-0.05, 0) is 52.9 Å². The Kier molecular flexibility index (Phi) is 6.43. The first-order valence-corrected chi connectivity index (χ1v) is 11.5. The van der Waals surface area contributed by atoms with Gasteiger partial charge in [-0.1, -0.05) is 54.1 Å². The average molecular weight is 456 g/mol. The minimum atomic E-state index is -0.559. The average Bonchev–Trinajstić information content (AvgIpc) is 3.15. The van der Waals surface area contributed by atoms with Crippen molar-refractivity contribution >= 4 is 46.3 Å². The molecule has 2 aromatic rings. The lowest BCUT2D eigenvalue weighted by Crippen LogP contribution is -2.61. The predicted molar refractivity (Wildman–Crippen MR) is 125 cm³/mol. The molecule has 1 saturated heterocycles. The second-order valence-electron chi connectivity index (χ2n) is 7.59. The van der Waals surface area contributed by atoms with Crippen molar-refractivity contribution in [2.75, 3.05) is 20.6 Å². The Hall–Kier alpha value is -2.64. The summed E-state index contributed by atoms with van der Waals surface area (Å²) in [6.07, 6.45) is 1.79. The predicted octanol–water partition coefficient (Wildman–Crippen LogP) is 3.88. The second-order valence-corrected chi connectivity index (χ2v) is 8.97. The highest BCUT2D eigenvalue weighted by molar-refractivity contribution is 8.13. The number of urea groups is 1. The molecule has 2 aromatic carbocycles. The van der Waals surface area contributed by atoms with Gasteiger partial charge in [0.15, 0.2) is 0 Å².